The molecule has 0 saturated carbocycles. The van der Waals surface area contributed by atoms with Crippen LogP contribution in [0.1, 0.15) is 15.9 Å². The van der Waals surface area contributed by atoms with E-state index in [2.05, 4.69) is 20.7 Å². The number of methoxy groups -OCH3 is 1. The van der Waals surface area contributed by atoms with Crippen LogP contribution < -0.4 is 0 Å². The van der Waals surface area contributed by atoms with Crippen LogP contribution in [0.4, 0.5) is 4.39 Å². The lowest BCUT2D eigenvalue weighted by Gasteiger charge is -2.06. The van der Waals surface area contributed by atoms with Crippen molar-refractivity contribution in [2.45, 2.75) is 5.33 Å². The Bertz CT molecular complexity index is 368. The van der Waals surface area contributed by atoms with Gasteiger partial charge in [0, 0.05) is 5.33 Å². The number of esters is 1. The third-order valence-corrected chi connectivity index (χ3v) is 2.59. The van der Waals surface area contributed by atoms with Crippen LogP contribution in [0.2, 0.25) is 5.02 Å². The van der Waals surface area contributed by atoms with Crippen molar-refractivity contribution in [3.05, 3.63) is 34.1 Å². The highest BCUT2D eigenvalue weighted by atomic mass is 79.9. The predicted molar refractivity (Wildman–Crippen MR) is 55.4 cm³/mol. The average Bonchev–Trinajstić information content (AvgIpc) is 2.20. The zero-order valence-corrected chi connectivity index (χ0v) is 9.65. The van der Waals surface area contributed by atoms with Crippen LogP contribution in [-0.4, -0.2) is 13.1 Å². The van der Waals surface area contributed by atoms with Gasteiger partial charge in [-0.1, -0.05) is 27.5 Å². The third kappa shape index (κ3) is 2.25. The maximum Gasteiger partial charge on any atom is 0.338 e. The molecule has 1 aromatic rings. The van der Waals surface area contributed by atoms with Crippen LogP contribution in [0.3, 0.4) is 0 Å². The molecule has 0 saturated heterocycles. The average molecular weight is 282 g/mol. The van der Waals surface area contributed by atoms with Gasteiger partial charge in [-0.25, -0.2) is 9.18 Å². The lowest BCUT2D eigenvalue weighted by molar-refractivity contribution is 0.0600. The molecule has 5 heteroatoms. The van der Waals surface area contributed by atoms with E-state index in [1.54, 1.807) is 0 Å². The quantitative estimate of drug-likeness (QED) is 0.615. The summed E-state index contributed by atoms with van der Waals surface area (Å²) in [4.78, 5) is 11.2. The first kappa shape index (κ1) is 11.5. The number of rotatable bonds is 2. The Morgan fingerprint density at radius 1 is 1.64 bits per heavy atom. The van der Waals surface area contributed by atoms with Crippen molar-refractivity contribution in [1.82, 2.24) is 0 Å². The SMILES string of the molecule is COC(=O)c1cc(Cl)c(F)cc1CBr. The zero-order chi connectivity index (χ0) is 10.7. The summed E-state index contributed by atoms with van der Waals surface area (Å²) in [5, 5.41) is 0.279. The molecule has 0 aliphatic carbocycles. The van der Waals surface area contributed by atoms with Crippen molar-refractivity contribution in [2.75, 3.05) is 7.11 Å². The van der Waals surface area contributed by atoms with Crippen molar-refractivity contribution in [3.8, 4) is 0 Å². The smallest absolute Gasteiger partial charge is 0.338 e. The van der Waals surface area contributed by atoms with E-state index in [1.807, 2.05) is 0 Å². The van der Waals surface area contributed by atoms with Gasteiger partial charge in [-0.15, -0.1) is 0 Å². The minimum absolute atomic E-state index is 0.0879. The molecule has 0 heterocycles. The Balaban J connectivity index is 3.27. The summed E-state index contributed by atoms with van der Waals surface area (Å²) < 4.78 is 17.5. The molecule has 14 heavy (non-hydrogen) atoms. The van der Waals surface area contributed by atoms with Gasteiger partial charge in [0.15, 0.2) is 0 Å². The van der Waals surface area contributed by atoms with Gasteiger partial charge in [-0.05, 0) is 17.7 Å². The molecule has 0 aliphatic rings. The number of carbonyl (C=O) groups is 1. The lowest BCUT2D eigenvalue weighted by Crippen LogP contribution is -2.05. The topological polar surface area (TPSA) is 26.3 Å². The van der Waals surface area contributed by atoms with Crippen LogP contribution in [0.5, 0.6) is 0 Å². The molecule has 0 atom stereocenters. The molecule has 0 amide bonds. The highest BCUT2D eigenvalue weighted by Gasteiger charge is 2.14. The molecule has 0 unspecified atom stereocenters. The number of hydrogen-bond acceptors (Lipinski definition) is 2. The van der Waals surface area contributed by atoms with E-state index >= 15 is 0 Å². The van der Waals surface area contributed by atoms with Crippen molar-refractivity contribution >= 4 is 33.5 Å². The largest absolute Gasteiger partial charge is 0.465 e. The van der Waals surface area contributed by atoms with Crippen molar-refractivity contribution in [3.63, 3.8) is 0 Å². The van der Waals surface area contributed by atoms with Crippen LogP contribution in [-0.2, 0) is 10.1 Å². The minimum Gasteiger partial charge on any atom is -0.465 e. The molecular weight excluding hydrogens is 274 g/mol. The molecule has 0 aliphatic heterocycles. The molecule has 0 aromatic heterocycles. The molecule has 1 rings (SSSR count). The number of alkyl halides is 1. The first-order chi connectivity index (χ1) is 6.60. The molecule has 76 valence electrons. The van der Waals surface area contributed by atoms with E-state index in [1.165, 1.54) is 19.2 Å². The number of hydrogen-bond donors (Lipinski definition) is 0. The van der Waals surface area contributed by atoms with Crippen molar-refractivity contribution < 1.29 is 13.9 Å². The Morgan fingerprint density at radius 3 is 2.79 bits per heavy atom. The van der Waals surface area contributed by atoms with Gasteiger partial charge in [-0.2, -0.15) is 0 Å². The molecular formula is C9H7BrClFO2. The van der Waals surface area contributed by atoms with Crippen LogP contribution >= 0.6 is 27.5 Å². The summed E-state index contributed by atoms with van der Waals surface area (Å²) in [7, 11) is 1.26. The maximum absolute atomic E-state index is 13.0. The van der Waals surface area contributed by atoms with Gasteiger partial charge in [0.05, 0.1) is 17.7 Å². The molecule has 1 aromatic carbocycles. The fraction of sp³-hybridized carbons (Fsp3) is 0.222. The molecule has 0 radical (unpaired) electrons. The number of carbonyl (C=O) groups excluding carboxylic acids is 1. The minimum atomic E-state index is -0.547. The first-order valence-electron chi connectivity index (χ1n) is 3.72. The summed E-state index contributed by atoms with van der Waals surface area (Å²) in [6, 6.07) is 2.47. The number of ether oxygens (including phenoxy) is 1. The van der Waals surface area contributed by atoms with Gasteiger partial charge in [0.1, 0.15) is 5.82 Å². The first-order valence-corrected chi connectivity index (χ1v) is 5.22. The molecule has 0 bridgehead atoms. The number of benzene rings is 1. The highest BCUT2D eigenvalue weighted by Crippen LogP contribution is 2.22. The van der Waals surface area contributed by atoms with Gasteiger partial charge >= 0.3 is 5.97 Å². The summed E-state index contributed by atoms with van der Waals surface area (Å²) in [6.45, 7) is 0. The van der Waals surface area contributed by atoms with E-state index in [0.29, 0.717) is 10.9 Å². The van der Waals surface area contributed by atoms with E-state index < -0.39 is 11.8 Å². The molecule has 2 nitrogen and oxygen atoms in total. The van der Waals surface area contributed by atoms with E-state index in [0.717, 1.165) is 0 Å². The second-order valence-corrected chi connectivity index (χ2v) is 3.52. The maximum atomic E-state index is 13.0. The monoisotopic (exact) mass is 280 g/mol. The Hall–Kier alpha value is -0.610. The molecule has 0 fully saturated rings. The molecule has 0 N–H and O–H groups in total. The third-order valence-electron chi connectivity index (χ3n) is 1.70. The van der Waals surface area contributed by atoms with Gasteiger partial charge in [0.25, 0.3) is 0 Å². The standard InChI is InChI=1S/C9H7BrClFO2/c1-14-9(13)6-3-7(11)8(12)2-5(6)4-10/h2-3H,4H2,1H3. The molecule has 0 spiro atoms. The van der Waals surface area contributed by atoms with Crippen molar-refractivity contribution in [2.24, 2.45) is 0 Å². The summed E-state index contributed by atoms with van der Waals surface area (Å²) in [5.41, 5.74) is 0.787. The summed E-state index contributed by atoms with van der Waals surface area (Å²) in [6.07, 6.45) is 0. The Labute approximate surface area is 94.1 Å². The van der Waals surface area contributed by atoms with Crippen LogP contribution in [0.25, 0.3) is 0 Å². The second-order valence-electron chi connectivity index (χ2n) is 2.55. The Morgan fingerprint density at radius 2 is 2.29 bits per heavy atom. The number of halogens is 3. The van der Waals surface area contributed by atoms with E-state index in [-0.39, 0.29) is 10.6 Å². The van der Waals surface area contributed by atoms with Gasteiger partial charge in [0.2, 0.25) is 0 Å². The highest BCUT2D eigenvalue weighted by molar-refractivity contribution is 9.08. The van der Waals surface area contributed by atoms with Crippen molar-refractivity contribution in [1.29, 1.82) is 0 Å². The van der Waals surface area contributed by atoms with Crippen LogP contribution in [0, 0.1) is 5.82 Å². The zero-order valence-electron chi connectivity index (χ0n) is 7.31. The summed E-state index contributed by atoms with van der Waals surface area (Å²) in [5.74, 6) is -1.07. The lowest BCUT2D eigenvalue weighted by atomic mass is 10.1. The predicted octanol–water partition coefficient (Wildman–Crippen LogP) is 3.16. The summed E-state index contributed by atoms with van der Waals surface area (Å²) >= 11 is 8.69. The Kier molecular flexibility index (Phi) is 3.89. The van der Waals surface area contributed by atoms with E-state index in [9.17, 15) is 9.18 Å². The fourth-order valence-electron chi connectivity index (χ4n) is 0.999. The van der Waals surface area contributed by atoms with Gasteiger partial charge in [-0.3, -0.25) is 0 Å². The van der Waals surface area contributed by atoms with Crippen LogP contribution in [0.15, 0.2) is 12.1 Å². The normalized spacial score (nSPS) is 10.0. The van der Waals surface area contributed by atoms with Gasteiger partial charge < -0.3 is 4.74 Å². The fourth-order valence-corrected chi connectivity index (χ4v) is 1.63. The second kappa shape index (κ2) is 4.75. The van der Waals surface area contributed by atoms with E-state index in [4.69, 9.17) is 11.6 Å².